The van der Waals surface area contributed by atoms with Crippen LogP contribution in [0.2, 0.25) is 0 Å². The van der Waals surface area contributed by atoms with Gasteiger partial charge >= 0.3 is 0 Å². The minimum Gasteiger partial charge on any atom is -0.373 e. The summed E-state index contributed by atoms with van der Waals surface area (Å²) < 4.78 is 18.5. The maximum Gasteiger partial charge on any atom is 0.123 e. The van der Waals surface area contributed by atoms with Crippen molar-refractivity contribution in [3.63, 3.8) is 0 Å². The number of hydrogen-bond acceptors (Lipinski definition) is 1. The van der Waals surface area contributed by atoms with Crippen LogP contribution in [0.15, 0.2) is 24.3 Å². The van der Waals surface area contributed by atoms with E-state index in [1.165, 1.54) is 63.4 Å². The van der Waals surface area contributed by atoms with Crippen molar-refractivity contribution >= 4 is 0 Å². The van der Waals surface area contributed by atoms with Crippen molar-refractivity contribution in [2.75, 3.05) is 6.61 Å². The standard InChI is InChI=1S/C21H29FO/c22-20-11-9-19(10-12-20)18-7-5-17(6-8-18)16-3-1-15(2-4-16)13-21-14-23-21/h9-12,15-18,21H,1-8,13-14H2. The summed E-state index contributed by atoms with van der Waals surface area (Å²) in [5.74, 6) is 3.41. The first kappa shape index (κ1) is 15.6. The van der Waals surface area contributed by atoms with Gasteiger partial charge in [0.2, 0.25) is 0 Å². The molecule has 1 aromatic carbocycles. The Kier molecular flexibility index (Phi) is 4.71. The maximum atomic E-state index is 13.1. The maximum absolute atomic E-state index is 13.1. The Balaban J connectivity index is 1.24. The van der Waals surface area contributed by atoms with E-state index in [-0.39, 0.29) is 5.82 Å². The fraction of sp³-hybridized carbons (Fsp3) is 0.714. The van der Waals surface area contributed by atoms with E-state index >= 15 is 0 Å². The first-order chi connectivity index (χ1) is 11.3. The Bertz CT molecular complexity index is 491. The molecule has 1 atom stereocenters. The summed E-state index contributed by atoms with van der Waals surface area (Å²) in [5.41, 5.74) is 1.35. The molecule has 0 aromatic heterocycles. The van der Waals surface area contributed by atoms with E-state index in [9.17, 15) is 4.39 Å². The van der Waals surface area contributed by atoms with Crippen LogP contribution in [-0.4, -0.2) is 12.7 Å². The fourth-order valence-corrected chi connectivity index (χ4v) is 5.13. The Hall–Kier alpha value is -0.890. The third kappa shape index (κ3) is 3.96. The number of ether oxygens (including phenoxy) is 1. The molecule has 3 fully saturated rings. The average molecular weight is 316 g/mol. The predicted octanol–water partition coefficient (Wildman–Crippen LogP) is 5.69. The van der Waals surface area contributed by atoms with Crippen LogP contribution >= 0.6 is 0 Å². The van der Waals surface area contributed by atoms with Gasteiger partial charge in [-0.1, -0.05) is 25.0 Å². The van der Waals surface area contributed by atoms with E-state index in [2.05, 4.69) is 0 Å². The van der Waals surface area contributed by atoms with Crippen LogP contribution in [0.1, 0.15) is 69.3 Å². The summed E-state index contributed by atoms with van der Waals surface area (Å²) in [6.45, 7) is 1.02. The Morgan fingerprint density at radius 3 is 1.96 bits per heavy atom. The molecule has 1 unspecified atom stereocenters. The highest BCUT2D eigenvalue weighted by molar-refractivity contribution is 5.20. The topological polar surface area (TPSA) is 12.5 Å². The van der Waals surface area contributed by atoms with E-state index in [1.54, 1.807) is 12.1 Å². The largest absolute Gasteiger partial charge is 0.373 e. The fourth-order valence-electron chi connectivity index (χ4n) is 5.13. The highest BCUT2D eigenvalue weighted by atomic mass is 19.1. The smallest absolute Gasteiger partial charge is 0.123 e. The van der Waals surface area contributed by atoms with Gasteiger partial charge in [0.25, 0.3) is 0 Å². The highest BCUT2D eigenvalue weighted by Gasteiger charge is 2.33. The number of halogens is 1. The van der Waals surface area contributed by atoms with Crippen molar-refractivity contribution < 1.29 is 9.13 Å². The Labute approximate surface area is 139 Å². The Morgan fingerprint density at radius 2 is 1.39 bits per heavy atom. The van der Waals surface area contributed by atoms with Gasteiger partial charge in [0.1, 0.15) is 5.82 Å². The van der Waals surface area contributed by atoms with E-state index in [0.717, 1.165) is 24.4 Å². The molecule has 3 aliphatic rings. The highest BCUT2D eigenvalue weighted by Crippen LogP contribution is 2.44. The zero-order valence-corrected chi connectivity index (χ0v) is 14.1. The van der Waals surface area contributed by atoms with Crippen LogP contribution in [0, 0.1) is 23.6 Å². The second kappa shape index (κ2) is 6.93. The molecule has 1 aromatic rings. The SMILES string of the molecule is Fc1ccc(C2CCC(C3CCC(CC4CO4)CC3)CC2)cc1. The second-order valence-corrected chi connectivity index (χ2v) is 8.14. The molecule has 0 N–H and O–H groups in total. The first-order valence-corrected chi connectivity index (χ1v) is 9.65. The zero-order valence-electron chi connectivity index (χ0n) is 14.1. The average Bonchev–Trinajstić information content (AvgIpc) is 3.41. The molecule has 0 bridgehead atoms. The molecule has 126 valence electrons. The molecule has 0 radical (unpaired) electrons. The lowest BCUT2D eigenvalue weighted by molar-refractivity contribution is 0.152. The van der Waals surface area contributed by atoms with E-state index in [0.29, 0.717) is 12.0 Å². The molecule has 1 aliphatic heterocycles. The van der Waals surface area contributed by atoms with Gasteiger partial charge in [0.15, 0.2) is 0 Å². The lowest BCUT2D eigenvalue weighted by Gasteiger charge is -2.38. The molecule has 0 spiro atoms. The second-order valence-electron chi connectivity index (χ2n) is 8.14. The van der Waals surface area contributed by atoms with Crippen molar-refractivity contribution in [1.82, 2.24) is 0 Å². The van der Waals surface area contributed by atoms with Crippen LogP contribution in [0.4, 0.5) is 4.39 Å². The van der Waals surface area contributed by atoms with Crippen molar-refractivity contribution in [2.24, 2.45) is 17.8 Å². The van der Waals surface area contributed by atoms with Crippen LogP contribution in [0.25, 0.3) is 0 Å². The van der Waals surface area contributed by atoms with E-state index < -0.39 is 0 Å². The number of epoxide rings is 1. The molecule has 4 rings (SSSR count). The number of hydrogen-bond donors (Lipinski definition) is 0. The van der Waals surface area contributed by atoms with Crippen LogP contribution in [0.5, 0.6) is 0 Å². The molecule has 2 heteroatoms. The molecule has 1 nitrogen and oxygen atoms in total. The molecule has 23 heavy (non-hydrogen) atoms. The summed E-state index contributed by atoms with van der Waals surface area (Å²) in [6.07, 6.45) is 13.1. The van der Waals surface area contributed by atoms with Crippen molar-refractivity contribution in [3.05, 3.63) is 35.6 Å². The van der Waals surface area contributed by atoms with Crippen molar-refractivity contribution in [1.29, 1.82) is 0 Å². The normalized spacial score (nSPS) is 37.5. The van der Waals surface area contributed by atoms with Gasteiger partial charge < -0.3 is 4.74 Å². The van der Waals surface area contributed by atoms with Crippen LogP contribution in [-0.2, 0) is 4.74 Å². The summed E-state index contributed by atoms with van der Waals surface area (Å²) in [7, 11) is 0. The lowest BCUT2D eigenvalue weighted by Crippen LogP contribution is -2.25. The molecular weight excluding hydrogens is 287 g/mol. The van der Waals surface area contributed by atoms with Crippen LogP contribution < -0.4 is 0 Å². The molecule has 1 heterocycles. The van der Waals surface area contributed by atoms with Crippen molar-refractivity contribution in [2.45, 2.75) is 69.8 Å². The zero-order chi connectivity index (χ0) is 15.6. The van der Waals surface area contributed by atoms with Gasteiger partial charge in [-0.25, -0.2) is 4.39 Å². The summed E-state index contributed by atoms with van der Waals surface area (Å²) in [4.78, 5) is 0. The summed E-state index contributed by atoms with van der Waals surface area (Å²) >= 11 is 0. The molecular formula is C21H29FO. The monoisotopic (exact) mass is 316 g/mol. The summed E-state index contributed by atoms with van der Waals surface area (Å²) in [5, 5.41) is 0. The quantitative estimate of drug-likeness (QED) is 0.650. The van der Waals surface area contributed by atoms with Gasteiger partial charge in [-0.3, -0.25) is 0 Å². The minimum absolute atomic E-state index is 0.115. The molecule has 1 saturated heterocycles. The summed E-state index contributed by atoms with van der Waals surface area (Å²) in [6, 6.07) is 7.22. The lowest BCUT2D eigenvalue weighted by atomic mass is 9.68. The first-order valence-electron chi connectivity index (χ1n) is 9.65. The minimum atomic E-state index is -0.115. The third-order valence-electron chi connectivity index (χ3n) is 6.67. The molecule has 2 aliphatic carbocycles. The third-order valence-corrected chi connectivity index (χ3v) is 6.67. The number of benzene rings is 1. The van der Waals surface area contributed by atoms with Crippen molar-refractivity contribution in [3.8, 4) is 0 Å². The van der Waals surface area contributed by atoms with Gasteiger partial charge in [-0.15, -0.1) is 0 Å². The van der Waals surface area contributed by atoms with Gasteiger partial charge in [-0.2, -0.15) is 0 Å². The van der Waals surface area contributed by atoms with Gasteiger partial charge in [-0.05, 0) is 86.3 Å². The van der Waals surface area contributed by atoms with Gasteiger partial charge in [0, 0.05) is 0 Å². The molecule has 2 saturated carbocycles. The molecule has 0 amide bonds. The Morgan fingerprint density at radius 1 is 0.826 bits per heavy atom. The van der Waals surface area contributed by atoms with Crippen LogP contribution in [0.3, 0.4) is 0 Å². The van der Waals surface area contributed by atoms with E-state index in [1.807, 2.05) is 12.1 Å². The number of rotatable bonds is 4. The van der Waals surface area contributed by atoms with Gasteiger partial charge in [0.05, 0.1) is 12.7 Å². The van der Waals surface area contributed by atoms with E-state index in [4.69, 9.17) is 4.74 Å². The predicted molar refractivity (Wildman–Crippen MR) is 90.9 cm³/mol.